The summed E-state index contributed by atoms with van der Waals surface area (Å²) in [6, 6.07) is 9.51. The standard InChI is InChI=1S/C29H30F2I2O10S/c30-29(31,44(38,39)40)27(37)43-16-28-8-3-4-17(13-28)10-18(14-28)7-9-41-25(35)21-5-1-2-6-22(21)26(36)42-15-19-11-20(32)12-23(33)24(19)34/h1-2,5-6,11-12,17-18,34H,3-4,7-10,13-16H2,(H,38,39,40). The minimum absolute atomic E-state index is 0.00646. The van der Waals surface area contributed by atoms with Crippen molar-refractivity contribution in [2.75, 3.05) is 13.2 Å². The Balaban J connectivity index is 1.34. The van der Waals surface area contributed by atoms with Crippen LogP contribution in [-0.4, -0.2) is 54.5 Å². The van der Waals surface area contributed by atoms with E-state index in [1.54, 1.807) is 24.3 Å². The van der Waals surface area contributed by atoms with Crippen molar-refractivity contribution in [2.24, 2.45) is 17.3 Å². The van der Waals surface area contributed by atoms with Crippen LogP contribution in [0, 0.1) is 24.4 Å². The van der Waals surface area contributed by atoms with Crippen LogP contribution in [0.3, 0.4) is 0 Å². The van der Waals surface area contributed by atoms with Crippen molar-refractivity contribution in [1.29, 1.82) is 0 Å². The first kappa shape index (κ1) is 34.7. The maximum Gasteiger partial charge on any atom is 0.465 e. The average Bonchev–Trinajstić information content (AvgIpc) is 2.96. The van der Waals surface area contributed by atoms with Crippen molar-refractivity contribution in [3.05, 3.63) is 60.2 Å². The number of halogens is 4. The van der Waals surface area contributed by atoms with E-state index >= 15 is 0 Å². The van der Waals surface area contributed by atoms with Crippen LogP contribution in [-0.2, 0) is 35.7 Å². The molecule has 4 rings (SSSR count). The van der Waals surface area contributed by atoms with Gasteiger partial charge in [-0.25, -0.2) is 14.4 Å². The third-order valence-electron chi connectivity index (χ3n) is 8.09. The molecule has 2 aromatic carbocycles. The van der Waals surface area contributed by atoms with Gasteiger partial charge in [-0.2, -0.15) is 17.2 Å². The molecule has 240 valence electrons. The maximum absolute atomic E-state index is 13.7. The first-order chi connectivity index (χ1) is 20.6. The fourth-order valence-corrected chi connectivity index (χ4v) is 8.37. The molecule has 0 spiro atoms. The molecular weight excluding hydrogens is 832 g/mol. The van der Waals surface area contributed by atoms with Gasteiger partial charge in [0.2, 0.25) is 0 Å². The summed E-state index contributed by atoms with van der Waals surface area (Å²) < 4.78 is 75.0. The molecule has 0 aliphatic heterocycles. The second kappa shape index (κ2) is 14.1. The molecule has 0 aromatic heterocycles. The van der Waals surface area contributed by atoms with Gasteiger partial charge in [-0.3, -0.25) is 4.55 Å². The van der Waals surface area contributed by atoms with Crippen LogP contribution in [0.25, 0.3) is 0 Å². The van der Waals surface area contributed by atoms with Gasteiger partial charge in [0, 0.05) is 14.5 Å². The number of ether oxygens (including phenoxy) is 3. The number of hydrogen-bond donors (Lipinski definition) is 2. The highest BCUT2D eigenvalue weighted by molar-refractivity contribution is 14.1. The zero-order valence-electron chi connectivity index (χ0n) is 23.3. The Hall–Kier alpha value is -2.12. The largest absolute Gasteiger partial charge is 0.506 e. The molecule has 3 atom stereocenters. The van der Waals surface area contributed by atoms with Gasteiger partial charge in [0.25, 0.3) is 0 Å². The molecule has 15 heteroatoms. The van der Waals surface area contributed by atoms with Crippen molar-refractivity contribution >= 4 is 73.2 Å². The second-order valence-corrected chi connectivity index (χ2v) is 15.1. The number of benzene rings is 2. The highest BCUT2D eigenvalue weighted by Gasteiger charge is 2.55. The van der Waals surface area contributed by atoms with Gasteiger partial charge in [0.1, 0.15) is 12.4 Å². The minimum Gasteiger partial charge on any atom is -0.506 e. The summed E-state index contributed by atoms with van der Waals surface area (Å²) >= 11 is 4.06. The smallest absolute Gasteiger partial charge is 0.465 e. The molecule has 2 aliphatic carbocycles. The van der Waals surface area contributed by atoms with E-state index in [9.17, 15) is 36.7 Å². The fourth-order valence-electron chi connectivity index (χ4n) is 6.14. The number of carbonyl (C=O) groups excluding carboxylic acids is 3. The Kier molecular flexibility index (Phi) is 11.1. The van der Waals surface area contributed by atoms with E-state index in [2.05, 4.69) is 22.6 Å². The Morgan fingerprint density at radius 1 is 1.02 bits per heavy atom. The third-order valence-corrected chi connectivity index (χ3v) is 10.4. The number of carbonyl (C=O) groups is 3. The molecule has 2 N–H and O–H groups in total. The molecule has 2 fully saturated rings. The lowest BCUT2D eigenvalue weighted by atomic mass is 9.59. The molecule has 3 unspecified atom stereocenters. The molecule has 2 aliphatic rings. The predicted molar refractivity (Wildman–Crippen MR) is 169 cm³/mol. The average molecular weight is 862 g/mol. The fraction of sp³-hybridized carbons (Fsp3) is 0.483. The summed E-state index contributed by atoms with van der Waals surface area (Å²) in [6.07, 6.45) is 4.67. The van der Waals surface area contributed by atoms with E-state index in [1.807, 2.05) is 22.6 Å². The number of phenols is 1. The van der Waals surface area contributed by atoms with Gasteiger partial charge in [-0.15, -0.1) is 0 Å². The molecule has 2 aromatic rings. The van der Waals surface area contributed by atoms with Crippen LogP contribution in [0.4, 0.5) is 8.78 Å². The van der Waals surface area contributed by atoms with E-state index in [0.717, 1.165) is 22.8 Å². The summed E-state index contributed by atoms with van der Waals surface area (Å²) in [5.41, 5.74) is -0.179. The number of rotatable bonds is 11. The summed E-state index contributed by atoms with van der Waals surface area (Å²) in [7, 11) is -5.96. The molecule has 0 radical (unpaired) electrons. The number of esters is 3. The number of fused-ring (bicyclic) bond motifs is 2. The predicted octanol–water partition coefficient (Wildman–Crippen LogP) is 6.12. The second-order valence-electron chi connectivity index (χ2n) is 11.3. The van der Waals surface area contributed by atoms with Gasteiger partial charge < -0.3 is 19.3 Å². The molecule has 0 heterocycles. The number of alkyl halides is 2. The quantitative estimate of drug-likeness (QED) is 0.117. The van der Waals surface area contributed by atoms with Crippen molar-refractivity contribution in [1.82, 2.24) is 0 Å². The van der Waals surface area contributed by atoms with Gasteiger partial charge >= 0.3 is 33.3 Å². The normalized spacial score (nSPS) is 21.8. The van der Waals surface area contributed by atoms with Crippen molar-refractivity contribution < 1.29 is 55.5 Å². The van der Waals surface area contributed by atoms with E-state index in [4.69, 9.17) is 18.8 Å². The van der Waals surface area contributed by atoms with Gasteiger partial charge in [-0.05, 0) is 113 Å². The SMILES string of the molecule is O=C(OCCC1CC2CCCC(COC(=O)C(F)(F)S(=O)(=O)O)(C2)C1)c1ccccc1C(=O)OCc1cc(I)cc(I)c1O. The van der Waals surface area contributed by atoms with Crippen molar-refractivity contribution in [2.45, 2.75) is 56.8 Å². The molecule has 44 heavy (non-hydrogen) atoms. The van der Waals surface area contributed by atoms with Crippen LogP contribution in [0.1, 0.15) is 71.2 Å². The molecule has 0 amide bonds. The third kappa shape index (κ3) is 8.17. The minimum atomic E-state index is -5.96. The van der Waals surface area contributed by atoms with Crippen molar-refractivity contribution in [3.63, 3.8) is 0 Å². The Bertz CT molecular complexity index is 1530. The van der Waals surface area contributed by atoms with Crippen molar-refractivity contribution in [3.8, 4) is 5.75 Å². The molecule has 2 saturated carbocycles. The van der Waals surface area contributed by atoms with Gasteiger partial charge in [0.05, 0.1) is 27.9 Å². The molecule has 2 bridgehead atoms. The lowest BCUT2D eigenvalue weighted by Gasteiger charge is -2.48. The van der Waals surface area contributed by atoms with Crippen LogP contribution in [0.15, 0.2) is 36.4 Å². The van der Waals surface area contributed by atoms with E-state index < -0.39 is 45.3 Å². The van der Waals surface area contributed by atoms with E-state index in [-0.39, 0.29) is 41.9 Å². The van der Waals surface area contributed by atoms with E-state index in [0.29, 0.717) is 34.8 Å². The monoisotopic (exact) mass is 862 g/mol. The Morgan fingerprint density at radius 3 is 2.34 bits per heavy atom. The lowest BCUT2D eigenvalue weighted by Crippen LogP contribution is -2.44. The van der Waals surface area contributed by atoms with Crippen LogP contribution in [0.2, 0.25) is 0 Å². The summed E-state index contributed by atoms with van der Waals surface area (Å²) in [5, 5.41) is 5.23. The number of phenolic OH excluding ortho intramolecular Hbond substituents is 1. The van der Waals surface area contributed by atoms with Gasteiger partial charge in [-0.1, -0.05) is 25.0 Å². The first-order valence-electron chi connectivity index (χ1n) is 13.7. The van der Waals surface area contributed by atoms with Crippen LogP contribution < -0.4 is 0 Å². The Morgan fingerprint density at radius 2 is 1.68 bits per heavy atom. The molecule has 10 nitrogen and oxygen atoms in total. The molecule has 0 saturated heterocycles. The zero-order valence-corrected chi connectivity index (χ0v) is 28.4. The van der Waals surface area contributed by atoms with Gasteiger partial charge in [0.15, 0.2) is 0 Å². The first-order valence-corrected chi connectivity index (χ1v) is 17.3. The Labute approximate surface area is 280 Å². The highest BCUT2D eigenvalue weighted by atomic mass is 127. The zero-order chi connectivity index (χ0) is 32.3. The van der Waals surface area contributed by atoms with Crippen LogP contribution >= 0.6 is 45.2 Å². The van der Waals surface area contributed by atoms with E-state index in [1.165, 1.54) is 12.1 Å². The lowest BCUT2D eigenvalue weighted by molar-refractivity contribution is -0.168. The van der Waals surface area contributed by atoms with Crippen LogP contribution in [0.5, 0.6) is 5.75 Å². The topological polar surface area (TPSA) is 154 Å². The highest BCUT2D eigenvalue weighted by Crippen LogP contribution is 2.52. The number of hydrogen-bond acceptors (Lipinski definition) is 9. The summed E-state index contributed by atoms with van der Waals surface area (Å²) in [5.74, 6) is -3.53. The molecular formula is C29H30F2I2O10S. The summed E-state index contributed by atoms with van der Waals surface area (Å²) in [4.78, 5) is 37.6. The maximum atomic E-state index is 13.7. The number of aromatic hydroxyl groups is 1. The summed E-state index contributed by atoms with van der Waals surface area (Å²) in [6.45, 7) is -0.586.